The Morgan fingerprint density at radius 1 is 1.47 bits per heavy atom. The highest BCUT2D eigenvalue weighted by atomic mass is 16.5. The fraction of sp³-hybridized carbons (Fsp3) is 0.636. The van der Waals surface area contributed by atoms with Crippen LogP contribution in [0.1, 0.15) is 6.92 Å². The standard InChI is InChI=1S/C6H11NO2.C5H11NO2/c1-3-4-9-6(8)5(2)7;1-6(2,3)4-5(7)8/h3,5H,1,4,7H2,2H3;4H2,1-3H3. The van der Waals surface area contributed by atoms with Crippen molar-refractivity contribution in [3.05, 3.63) is 12.7 Å². The van der Waals surface area contributed by atoms with Crippen LogP contribution >= 0.6 is 0 Å². The van der Waals surface area contributed by atoms with Gasteiger partial charge in [0, 0.05) is 0 Å². The van der Waals surface area contributed by atoms with E-state index in [1.54, 1.807) is 28.1 Å². The highest BCUT2D eigenvalue weighted by Crippen LogP contribution is 1.85. The number of likely N-dealkylation sites (N-methyl/N-ethyl adjacent to an activating group) is 1. The quantitative estimate of drug-likeness (QED) is 0.362. The van der Waals surface area contributed by atoms with Crippen molar-refractivity contribution in [1.29, 1.82) is 0 Å². The number of aliphatic carboxylic acids is 1. The van der Waals surface area contributed by atoms with E-state index < -0.39 is 18.0 Å². The minimum atomic E-state index is -1.00. The van der Waals surface area contributed by atoms with Crippen LogP contribution in [0.15, 0.2) is 12.7 Å². The van der Waals surface area contributed by atoms with Crippen LogP contribution in [0.5, 0.6) is 0 Å². The van der Waals surface area contributed by atoms with Gasteiger partial charge in [0.05, 0.1) is 27.1 Å². The van der Waals surface area contributed by atoms with Crippen molar-refractivity contribution < 1.29 is 23.9 Å². The van der Waals surface area contributed by atoms with Crippen molar-refractivity contribution in [2.24, 2.45) is 5.73 Å². The first kappa shape index (κ1) is 18.0. The molecule has 0 saturated carbocycles. The minimum absolute atomic E-state index is 0.0694. The average molecular weight is 246 g/mol. The molecule has 0 aromatic rings. The molecule has 6 heteroatoms. The second-order valence-corrected chi connectivity index (χ2v) is 4.53. The summed E-state index contributed by atoms with van der Waals surface area (Å²) in [6.07, 6.45) is 1.50. The molecule has 1 unspecified atom stereocenters. The van der Waals surface area contributed by atoms with Gasteiger partial charge in [-0.15, -0.1) is 0 Å². The Labute approximate surface area is 102 Å². The monoisotopic (exact) mass is 246 g/mol. The number of hydrogen-bond acceptors (Lipinski definition) is 5. The summed E-state index contributed by atoms with van der Waals surface area (Å²) < 4.78 is 4.99. The number of hydrogen-bond donors (Lipinski definition) is 1. The van der Waals surface area contributed by atoms with Gasteiger partial charge in [-0.1, -0.05) is 12.7 Å². The third-order valence-electron chi connectivity index (χ3n) is 1.32. The molecule has 100 valence electrons. The largest absolute Gasteiger partial charge is 0.544 e. The number of ether oxygens (including phenoxy) is 1. The predicted octanol–water partition coefficient (Wildman–Crippen LogP) is -1.49. The van der Waals surface area contributed by atoms with Crippen LogP contribution in [0.3, 0.4) is 0 Å². The van der Waals surface area contributed by atoms with Gasteiger partial charge in [0.2, 0.25) is 0 Å². The Morgan fingerprint density at radius 2 is 1.94 bits per heavy atom. The topological polar surface area (TPSA) is 92.5 Å². The summed E-state index contributed by atoms with van der Waals surface area (Å²) in [5.41, 5.74) is 5.17. The minimum Gasteiger partial charge on any atom is -0.544 e. The Balaban J connectivity index is 0. The lowest BCUT2D eigenvalue weighted by Gasteiger charge is -2.23. The molecule has 0 aliphatic rings. The van der Waals surface area contributed by atoms with E-state index in [1.807, 2.05) is 0 Å². The summed E-state index contributed by atoms with van der Waals surface area (Å²) in [5, 5.41) is 9.89. The number of quaternary nitrogens is 1. The average Bonchev–Trinajstić information content (AvgIpc) is 2.10. The highest BCUT2D eigenvalue weighted by molar-refractivity contribution is 5.74. The van der Waals surface area contributed by atoms with Crippen LogP contribution in [-0.2, 0) is 14.3 Å². The molecule has 0 saturated heterocycles. The first-order valence-electron chi connectivity index (χ1n) is 5.13. The van der Waals surface area contributed by atoms with Crippen LogP contribution in [0, 0.1) is 0 Å². The van der Waals surface area contributed by atoms with E-state index >= 15 is 0 Å². The van der Waals surface area contributed by atoms with Crippen LogP contribution in [0.2, 0.25) is 0 Å². The summed E-state index contributed by atoms with van der Waals surface area (Å²) in [7, 11) is 5.40. The van der Waals surface area contributed by atoms with E-state index in [0.29, 0.717) is 4.48 Å². The number of nitrogens with zero attached hydrogens (tertiary/aromatic N) is 1. The lowest BCUT2D eigenvalue weighted by atomic mass is 10.4. The zero-order valence-electron chi connectivity index (χ0n) is 10.9. The SMILES string of the molecule is C=CCOC(=O)C(C)N.C[N+](C)(C)CC(=O)[O-]. The van der Waals surface area contributed by atoms with Crippen LogP contribution < -0.4 is 10.8 Å². The van der Waals surface area contributed by atoms with E-state index in [9.17, 15) is 14.7 Å². The molecule has 0 fully saturated rings. The van der Waals surface area contributed by atoms with Gasteiger partial charge in [-0.3, -0.25) is 4.79 Å². The van der Waals surface area contributed by atoms with E-state index in [-0.39, 0.29) is 13.2 Å². The number of carboxylic acids is 1. The number of nitrogens with two attached hydrogens (primary N) is 1. The van der Waals surface area contributed by atoms with Gasteiger partial charge in [-0.2, -0.15) is 0 Å². The molecular weight excluding hydrogens is 224 g/mol. The number of rotatable bonds is 5. The molecule has 0 aliphatic carbocycles. The lowest BCUT2D eigenvalue weighted by Crippen LogP contribution is -2.45. The van der Waals surface area contributed by atoms with Crippen LogP contribution in [0.4, 0.5) is 0 Å². The summed E-state index contributed by atoms with van der Waals surface area (Å²) in [4.78, 5) is 20.4. The zero-order valence-corrected chi connectivity index (χ0v) is 10.9. The van der Waals surface area contributed by atoms with Crippen molar-refractivity contribution in [1.82, 2.24) is 0 Å². The fourth-order valence-corrected chi connectivity index (χ4v) is 0.660. The first-order chi connectivity index (χ1) is 7.60. The van der Waals surface area contributed by atoms with E-state index in [0.717, 1.165) is 0 Å². The van der Waals surface area contributed by atoms with Crippen molar-refractivity contribution in [2.75, 3.05) is 34.3 Å². The number of carbonyl (C=O) groups is 2. The smallest absolute Gasteiger partial charge is 0.322 e. The van der Waals surface area contributed by atoms with Gasteiger partial charge in [-0.25, -0.2) is 0 Å². The lowest BCUT2D eigenvalue weighted by molar-refractivity contribution is -0.864. The van der Waals surface area contributed by atoms with Crippen molar-refractivity contribution in [2.45, 2.75) is 13.0 Å². The fourth-order valence-electron chi connectivity index (χ4n) is 0.660. The Morgan fingerprint density at radius 3 is 2.12 bits per heavy atom. The van der Waals surface area contributed by atoms with Crippen LogP contribution in [-0.4, -0.2) is 56.8 Å². The van der Waals surface area contributed by atoms with Crippen molar-refractivity contribution in [3.8, 4) is 0 Å². The Bertz CT molecular complexity index is 257. The Kier molecular flexibility index (Phi) is 9.22. The molecule has 0 aromatic carbocycles. The molecule has 6 nitrogen and oxygen atoms in total. The summed E-state index contributed by atoms with van der Waals surface area (Å²) in [6, 6.07) is -0.537. The number of carbonyl (C=O) groups excluding carboxylic acids is 2. The molecule has 0 bridgehead atoms. The number of esters is 1. The Hall–Kier alpha value is -1.40. The van der Waals surface area contributed by atoms with Gasteiger partial charge in [0.1, 0.15) is 19.2 Å². The maximum absolute atomic E-state index is 10.5. The van der Waals surface area contributed by atoms with Gasteiger partial charge < -0.3 is 24.9 Å². The highest BCUT2D eigenvalue weighted by Gasteiger charge is 2.06. The van der Waals surface area contributed by atoms with Crippen molar-refractivity contribution in [3.63, 3.8) is 0 Å². The van der Waals surface area contributed by atoms with Crippen molar-refractivity contribution >= 4 is 11.9 Å². The second-order valence-electron chi connectivity index (χ2n) is 4.53. The molecule has 2 N–H and O–H groups in total. The summed E-state index contributed by atoms with van der Waals surface area (Å²) in [5.74, 6) is -1.40. The number of carboxylic acid groups (broad SMARTS) is 1. The molecule has 0 rings (SSSR count). The van der Waals surface area contributed by atoms with Gasteiger partial charge in [0.15, 0.2) is 0 Å². The molecular formula is C11H22N2O4. The molecule has 0 heterocycles. The summed E-state index contributed by atoms with van der Waals surface area (Å²) >= 11 is 0. The van der Waals surface area contributed by atoms with E-state index in [1.165, 1.54) is 6.08 Å². The van der Waals surface area contributed by atoms with E-state index in [2.05, 4.69) is 11.3 Å². The predicted molar refractivity (Wildman–Crippen MR) is 62.7 cm³/mol. The molecule has 0 amide bonds. The molecule has 0 radical (unpaired) electrons. The first-order valence-corrected chi connectivity index (χ1v) is 5.13. The van der Waals surface area contributed by atoms with E-state index in [4.69, 9.17) is 5.73 Å². The molecule has 17 heavy (non-hydrogen) atoms. The van der Waals surface area contributed by atoms with Gasteiger partial charge in [-0.05, 0) is 6.92 Å². The maximum atomic E-state index is 10.5. The molecule has 0 aromatic heterocycles. The van der Waals surface area contributed by atoms with Gasteiger partial charge >= 0.3 is 5.97 Å². The zero-order chi connectivity index (χ0) is 14.1. The summed E-state index contributed by atoms with van der Waals surface area (Å²) in [6.45, 7) is 5.25. The van der Waals surface area contributed by atoms with Crippen LogP contribution in [0.25, 0.3) is 0 Å². The molecule has 0 spiro atoms. The molecule has 1 atom stereocenters. The van der Waals surface area contributed by atoms with Gasteiger partial charge in [0.25, 0.3) is 0 Å². The third kappa shape index (κ3) is 17.2. The normalized spacial score (nSPS) is 11.8. The molecule has 0 aliphatic heterocycles. The third-order valence-corrected chi connectivity index (χ3v) is 1.32. The maximum Gasteiger partial charge on any atom is 0.322 e. The second kappa shape index (κ2) is 8.72.